The Hall–Kier alpha value is -2.15. The smallest absolute Gasteiger partial charge is 0.276 e. The van der Waals surface area contributed by atoms with Crippen LogP contribution in [0.3, 0.4) is 0 Å². The predicted octanol–water partition coefficient (Wildman–Crippen LogP) is 2.37. The van der Waals surface area contributed by atoms with Crippen molar-refractivity contribution in [2.24, 2.45) is 5.92 Å². The first kappa shape index (κ1) is 16.3. The highest BCUT2D eigenvalue weighted by molar-refractivity contribution is 5.92. The molecule has 0 radical (unpaired) electrons. The number of amides is 1. The summed E-state index contributed by atoms with van der Waals surface area (Å²) in [4.78, 5) is 14.6. The summed E-state index contributed by atoms with van der Waals surface area (Å²) in [7, 11) is 0. The average molecular weight is 344 g/mol. The maximum atomic E-state index is 12.8. The van der Waals surface area contributed by atoms with Crippen LogP contribution in [0.1, 0.15) is 53.2 Å². The molecule has 7 heteroatoms. The lowest BCUT2D eigenvalue weighted by Gasteiger charge is -2.31. The summed E-state index contributed by atoms with van der Waals surface area (Å²) in [6.07, 6.45) is 4.59. The summed E-state index contributed by atoms with van der Waals surface area (Å²) < 4.78 is 12.9. The Balaban J connectivity index is 1.52. The number of aryl methyl sites for hydroxylation is 2. The van der Waals surface area contributed by atoms with Gasteiger partial charge in [-0.25, -0.2) is 0 Å². The summed E-state index contributed by atoms with van der Waals surface area (Å²) in [5.41, 5.74) is 2.53. The van der Waals surface area contributed by atoms with Gasteiger partial charge in [-0.2, -0.15) is 5.10 Å². The van der Waals surface area contributed by atoms with Crippen molar-refractivity contribution in [2.75, 3.05) is 19.8 Å². The molecule has 2 aromatic heterocycles. The van der Waals surface area contributed by atoms with Gasteiger partial charge in [0.1, 0.15) is 5.76 Å². The molecule has 0 saturated heterocycles. The molecular formula is C18H24N4O3. The van der Waals surface area contributed by atoms with Crippen LogP contribution in [0, 0.1) is 12.8 Å². The fourth-order valence-electron chi connectivity index (χ4n) is 3.30. The number of rotatable bonds is 6. The number of ether oxygens (including phenoxy) is 1. The lowest BCUT2D eigenvalue weighted by atomic mass is 9.97. The minimum Gasteiger partial charge on any atom is -0.380 e. The second-order valence-electron chi connectivity index (χ2n) is 7.08. The standard InChI is InChI=1S/C18H24N4O3/c1-3-22-9-14-7-21(18(23)16-6-12(2)25-20-16)8-15(17(14)19-22)11-24-10-13-4-5-13/h6,9,13,15H,3-5,7-8,10-11H2,1-2H3/t15-/m1/s1. The zero-order valence-corrected chi connectivity index (χ0v) is 14.8. The van der Waals surface area contributed by atoms with Gasteiger partial charge >= 0.3 is 0 Å². The normalized spacial score (nSPS) is 19.9. The Labute approximate surface area is 146 Å². The van der Waals surface area contributed by atoms with Gasteiger partial charge in [0.05, 0.1) is 12.3 Å². The van der Waals surface area contributed by atoms with E-state index in [9.17, 15) is 4.79 Å². The molecule has 0 aromatic carbocycles. The lowest BCUT2D eigenvalue weighted by Crippen LogP contribution is -2.39. The molecule has 0 unspecified atom stereocenters. The molecular weight excluding hydrogens is 320 g/mol. The number of hydrogen-bond acceptors (Lipinski definition) is 5. The van der Waals surface area contributed by atoms with E-state index in [1.165, 1.54) is 12.8 Å². The Kier molecular flexibility index (Phi) is 4.33. The van der Waals surface area contributed by atoms with Crippen LogP contribution in [-0.4, -0.2) is 45.5 Å². The van der Waals surface area contributed by atoms with Gasteiger partial charge in [0, 0.05) is 50.0 Å². The van der Waals surface area contributed by atoms with Crippen molar-refractivity contribution in [2.45, 2.75) is 45.7 Å². The van der Waals surface area contributed by atoms with Crippen molar-refractivity contribution in [3.8, 4) is 0 Å². The third-order valence-corrected chi connectivity index (χ3v) is 4.89. The molecule has 0 N–H and O–H groups in total. The molecule has 1 amide bonds. The van der Waals surface area contributed by atoms with Gasteiger partial charge in [-0.15, -0.1) is 0 Å². The van der Waals surface area contributed by atoms with Gasteiger partial charge < -0.3 is 14.2 Å². The number of aromatic nitrogens is 3. The highest BCUT2D eigenvalue weighted by atomic mass is 16.5. The van der Waals surface area contributed by atoms with Crippen LogP contribution in [-0.2, 0) is 17.8 Å². The Morgan fingerprint density at radius 2 is 2.24 bits per heavy atom. The van der Waals surface area contributed by atoms with E-state index >= 15 is 0 Å². The van der Waals surface area contributed by atoms with Gasteiger partial charge in [-0.05, 0) is 32.6 Å². The van der Waals surface area contributed by atoms with Crippen LogP contribution < -0.4 is 0 Å². The van der Waals surface area contributed by atoms with E-state index in [1.807, 2.05) is 15.8 Å². The molecule has 3 heterocycles. The van der Waals surface area contributed by atoms with Crippen LogP contribution in [0.5, 0.6) is 0 Å². The Morgan fingerprint density at radius 3 is 2.92 bits per heavy atom. The summed E-state index contributed by atoms with van der Waals surface area (Å²) in [6, 6.07) is 1.69. The van der Waals surface area contributed by atoms with Crippen LogP contribution in [0.4, 0.5) is 0 Å². The van der Waals surface area contributed by atoms with Gasteiger partial charge in [0.15, 0.2) is 5.69 Å². The molecule has 0 bridgehead atoms. The molecule has 0 spiro atoms. The molecule has 4 rings (SSSR count). The first-order valence-electron chi connectivity index (χ1n) is 9.00. The Bertz CT molecular complexity index is 762. The minimum atomic E-state index is -0.0982. The van der Waals surface area contributed by atoms with Gasteiger partial charge in [-0.1, -0.05) is 5.16 Å². The fraction of sp³-hybridized carbons (Fsp3) is 0.611. The molecule has 1 fully saturated rings. The molecule has 25 heavy (non-hydrogen) atoms. The van der Waals surface area contributed by atoms with E-state index in [1.54, 1.807) is 13.0 Å². The molecule has 1 aliphatic carbocycles. The zero-order chi connectivity index (χ0) is 17.4. The highest BCUT2D eigenvalue weighted by Crippen LogP contribution is 2.31. The number of hydrogen-bond donors (Lipinski definition) is 0. The SMILES string of the molecule is CCn1cc2c(n1)[C@@H](COCC1CC1)CN(C(=O)c1cc(C)on1)C2. The lowest BCUT2D eigenvalue weighted by molar-refractivity contribution is 0.0617. The predicted molar refractivity (Wildman–Crippen MR) is 90.2 cm³/mol. The molecule has 2 aliphatic rings. The van der Waals surface area contributed by atoms with Crippen molar-refractivity contribution < 1.29 is 14.1 Å². The third-order valence-electron chi connectivity index (χ3n) is 4.89. The van der Waals surface area contributed by atoms with Crippen LogP contribution in [0.25, 0.3) is 0 Å². The van der Waals surface area contributed by atoms with Gasteiger partial charge in [0.25, 0.3) is 5.91 Å². The number of nitrogens with zero attached hydrogens (tertiary/aromatic N) is 4. The van der Waals surface area contributed by atoms with Gasteiger partial charge in [0.2, 0.25) is 0 Å². The molecule has 2 aromatic rings. The quantitative estimate of drug-likeness (QED) is 0.804. The Morgan fingerprint density at radius 1 is 1.40 bits per heavy atom. The molecule has 1 aliphatic heterocycles. The summed E-state index contributed by atoms with van der Waals surface area (Å²) in [5, 5.41) is 8.57. The second kappa shape index (κ2) is 6.63. The summed E-state index contributed by atoms with van der Waals surface area (Å²) in [5.74, 6) is 1.38. The number of fused-ring (bicyclic) bond motifs is 1. The van der Waals surface area contributed by atoms with Crippen LogP contribution in [0.15, 0.2) is 16.8 Å². The zero-order valence-electron chi connectivity index (χ0n) is 14.8. The maximum Gasteiger partial charge on any atom is 0.276 e. The van der Waals surface area contributed by atoms with E-state index in [4.69, 9.17) is 14.4 Å². The monoisotopic (exact) mass is 344 g/mol. The molecule has 1 atom stereocenters. The summed E-state index contributed by atoms with van der Waals surface area (Å²) in [6.45, 7) is 7.25. The van der Waals surface area contributed by atoms with E-state index in [-0.39, 0.29) is 11.8 Å². The first-order chi connectivity index (χ1) is 12.1. The third kappa shape index (κ3) is 3.46. The topological polar surface area (TPSA) is 73.4 Å². The fourth-order valence-corrected chi connectivity index (χ4v) is 3.30. The second-order valence-corrected chi connectivity index (χ2v) is 7.08. The van der Waals surface area contributed by atoms with E-state index < -0.39 is 0 Å². The maximum absolute atomic E-state index is 12.8. The van der Waals surface area contributed by atoms with Crippen molar-refractivity contribution in [3.05, 3.63) is 35.0 Å². The van der Waals surface area contributed by atoms with E-state index in [2.05, 4.69) is 12.1 Å². The van der Waals surface area contributed by atoms with Crippen molar-refractivity contribution >= 4 is 5.91 Å². The van der Waals surface area contributed by atoms with Crippen LogP contribution in [0.2, 0.25) is 0 Å². The van der Waals surface area contributed by atoms with E-state index in [0.29, 0.717) is 31.2 Å². The number of carbonyl (C=O) groups excluding carboxylic acids is 1. The molecule has 7 nitrogen and oxygen atoms in total. The van der Waals surface area contributed by atoms with E-state index in [0.717, 1.165) is 30.3 Å². The highest BCUT2D eigenvalue weighted by Gasteiger charge is 2.33. The molecule has 134 valence electrons. The van der Waals surface area contributed by atoms with Gasteiger partial charge in [-0.3, -0.25) is 9.48 Å². The first-order valence-corrected chi connectivity index (χ1v) is 9.00. The van der Waals surface area contributed by atoms with Crippen molar-refractivity contribution in [3.63, 3.8) is 0 Å². The minimum absolute atomic E-state index is 0.0982. The average Bonchev–Trinajstić information content (AvgIpc) is 3.17. The largest absolute Gasteiger partial charge is 0.380 e. The van der Waals surface area contributed by atoms with Crippen molar-refractivity contribution in [1.29, 1.82) is 0 Å². The van der Waals surface area contributed by atoms with Crippen molar-refractivity contribution in [1.82, 2.24) is 19.8 Å². The summed E-state index contributed by atoms with van der Waals surface area (Å²) >= 11 is 0. The molecule has 1 saturated carbocycles. The number of carbonyl (C=O) groups is 1. The van der Waals surface area contributed by atoms with Crippen LogP contribution >= 0.6 is 0 Å².